The lowest BCUT2D eigenvalue weighted by Gasteiger charge is -2.21. The van der Waals surface area contributed by atoms with Crippen molar-refractivity contribution in [1.82, 2.24) is 29.7 Å². The number of pyridine rings is 1. The summed E-state index contributed by atoms with van der Waals surface area (Å²) in [7, 11) is -1.11. The van der Waals surface area contributed by atoms with E-state index < -0.39 is 21.2 Å². The molecule has 36 heavy (non-hydrogen) atoms. The normalized spacial score (nSPS) is 13.1. The minimum absolute atomic E-state index is 0.0802. The summed E-state index contributed by atoms with van der Waals surface area (Å²) < 4.78 is 41.9. The van der Waals surface area contributed by atoms with Gasteiger partial charge < -0.3 is 9.47 Å². The first-order chi connectivity index (χ1) is 17.3. The molecule has 2 unspecified atom stereocenters. The molecule has 2 atom stereocenters. The first-order valence-electron chi connectivity index (χ1n) is 10.8. The summed E-state index contributed by atoms with van der Waals surface area (Å²) >= 11 is 5.93. The minimum atomic E-state index is -3.98. The van der Waals surface area contributed by atoms with Crippen LogP contribution in [0.4, 0.5) is 5.95 Å². The third-order valence-electron chi connectivity index (χ3n) is 5.70. The fraction of sp³-hybridized carbons (Fsp3) is 0.261. The number of nitrogens with zero attached hydrogens (tertiary/aromatic N) is 6. The Bertz CT molecular complexity index is 1430. The molecule has 0 fully saturated rings. The van der Waals surface area contributed by atoms with E-state index in [2.05, 4.69) is 29.9 Å². The third-order valence-corrected chi connectivity index (χ3v) is 7.78. The van der Waals surface area contributed by atoms with Gasteiger partial charge >= 0.3 is 0 Å². The highest BCUT2D eigenvalue weighted by Gasteiger charge is 2.32. The number of anilines is 1. The Morgan fingerprint density at radius 1 is 0.944 bits per heavy atom. The Balaban J connectivity index is 1.81. The van der Waals surface area contributed by atoms with Gasteiger partial charge in [0.05, 0.1) is 24.5 Å². The zero-order valence-electron chi connectivity index (χ0n) is 20.0. The molecule has 0 saturated carbocycles. The second-order valence-corrected chi connectivity index (χ2v) is 10.3. The maximum Gasteiger partial charge on any atom is 0.245 e. The molecule has 13 heteroatoms. The van der Waals surface area contributed by atoms with Crippen molar-refractivity contribution >= 4 is 27.6 Å². The summed E-state index contributed by atoms with van der Waals surface area (Å²) in [6.07, 6.45) is 2.76. The van der Waals surface area contributed by atoms with Crippen LogP contribution in [0, 0.1) is 0 Å². The number of sulfonamides is 1. The van der Waals surface area contributed by atoms with E-state index in [-0.39, 0.29) is 23.4 Å². The van der Waals surface area contributed by atoms with Crippen LogP contribution in [0.3, 0.4) is 0 Å². The van der Waals surface area contributed by atoms with Crippen LogP contribution in [-0.2, 0) is 10.0 Å². The van der Waals surface area contributed by atoms with Gasteiger partial charge in [0.1, 0.15) is 6.33 Å². The molecule has 4 aromatic rings. The number of benzene rings is 1. The average Bonchev–Trinajstić information content (AvgIpc) is 3.30. The van der Waals surface area contributed by atoms with Crippen LogP contribution in [0.15, 0.2) is 55.0 Å². The van der Waals surface area contributed by atoms with Crippen molar-refractivity contribution < 1.29 is 17.9 Å². The van der Waals surface area contributed by atoms with E-state index in [1.54, 1.807) is 26.0 Å². The van der Waals surface area contributed by atoms with Gasteiger partial charge in [-0.2, -0.15) is 9.97 Å². The average molecular weight is 530 g/mol. The molecular formula is C23H24ClN7O4S. The Hall–Kier alpha value is -3.77. The summed E-state index contributed by atoms with van der Waals surface area (Å²) in [5.41, 5.74) is 1.50. The zero-order chi connectivity index (χ0) is 25.9. The highest BCUT2D eigenvalue weighted by molar-refractivity contribution is 7.93. The van der Waals surface area contributed by atoms with Crippen molar-refractivity contribution in [1.29, 1.82) is 0 Å². The topological polar surface area (TPSA) is 134 Å². The van der Waals surface area contributed by atoms with Crippen LogP contribution < -0.4 is 14.2 Å². The molecule has 188 valence electrons. The maximum atomic E-state index is 13.5. The number of nitrogens with one attached hydrogen (secondary N) is 1. The van der Waals surface area contributed by atoms with Crippen molar-refractivity contribution in [2.24, 2.45) is 0 Å². The Morgan fingerprint density at radius 3 is 2.19 bits per heavy atom. The zero-order valence-corrected chi connectivity index (χ0v) is 21.5. The maximum absolute atomic E-state index is 13.5. The van der Waals surface area contributed by atoms with Gasteiger partial charge in [0.25, 0.3) is 0 Å². The largest absolute Gasteiger partial charge is 0.479 e. The molecule has 0 spiro atoms. The van der Waals surface area contributed by atoms with E-state index >= 15 is 0 Å². The van der Waals surface area contributed by atoms with Gasteiger partial charge in [-0.05, 0) is 19.1 Å². The molecule has 0 radical (unpaired) electrons. The van der Waals surface area contributed by atoms with Gasteiger partial charge in [-0.15, -0.1) is 10.2 Å². The number of hydrogen-bond donors (Lipinski definition) is 1. The van der Waals surface area contributed by atoms with Crippen molar-refractivity contribution in [3.63, 3.8) is 0 Å². The monoisotopic (exact) mass is 529 g/mol. The molecule has 1 aromatic carbocycles. The summed E-state index contributed by atoms with van der Waals surface area (Å²) in [6.45, 7) is 3.37. The Morgan fingerprint density at radius 2 is 1.61 bits per heavy atom. The molecule has 3 aromatic heterocycles. The SMILES string of the molecule is COc1ncnc(OC)c1-n1c(NS(=O)(=O)C(C)C(C)c2ccc(Cl)cn2)nnc1-c1ccccc1. The molecule has 0 aliphatic carbocycles. The number of methoxy groups -OCH3 is 2. The molecule has 0 saturated heterocycles. The molecule has 1 N–H and O–H groups in total. The fourth-order valence-electron chi connectivity index (χ4n) is 3.56. The first kappa shape index (κ1) is 25.3. The summed E-state index contributed by atoms with van der Waals surface area (Å²) in [5, 5.41) is 8.00. The predicted molar refractivity (Wildman–Crippen MR) is 135 cm³/mol. The van der Waals surface area contributed by atoms with Gasteiger partial charge in [-0.1, -0.05) is 48.9 Å². The van der Waals surface area contributed by atoms with Gasteiger partial charge in [-0.3, -0.25) is 14.3 Å². The molecular weight excluding hydrogens is 506 g/mol. The van der Waals surface area contributed by atoms with E-state index in [0.29, 0.717) is 22.1 Å². The molecule has 0 aliphatic heterocycles. The number of rotatable bonds is 9. The number of aromatic nitrogens is 6. The molecule has 4 rings (SSSR count). The van der Waals surface area contributed by atoms with Gasteiger partial charge in [0.2, 0.25) is 27.7 Å². The molecule has 0 aliphatic rings. The quantitative estimate of drug-likeness (QED) is 0.344. The van der Waals surface area contributed by atoms with Crippen LogP contribution in [0.2, 0.25) is 5.02 Å². The fourth-order valence-corrected chi connectivity index (χ4v) is 4.92. The molecule has 11 nitrogen and oxygen atoms in total. The second-order valence-electron chi connectivity index (χ2n) is 7.83. The molecule has 0 bridgehead atoms. The van der Waals surface area contributed by atoms with Crippen LogP contribution in [-0.4, -0.2) is 57.6 Å². The minimum Gasteiger partial charge on any atom is -0.479 e. The lowest BCUT2D eigenvalue weighted by atomic mass is 10.0. The van der Waals surface area contributed by atoms with Crippen LogP contribution in [0.1, 0.15) is 25.5 Å². The summed E-state index contributed by atoms with van der Waals surface area (Å²) in [5.74, 6) is 0.0918. The van der Waals surface area contributed by atoms with E-state index in [9.17, 15) is 8.42 Å². The lowest BCUT2D eigenvalue weighted by molar-refractivity contribution is 0.368. The van der Waals surface area contributed by atoms with Crippen molar-refractivity contribution in [2.75, 3.05) is 18.9 Å². The third kappa shape index (κ3) is 4.95. The smallest absolute Gasteiger partial charge is 0.245 e. The highest BCUT2D eigenvalue weighted by atomic mass is 35.5. The van der Waals surface area contributed by atoms with Crippen LogP contribution in [0.25, 0.3) is 17.1 Å². The van der Waals surface area contributed by atoms with E-state index in [1.807, 2.05) is 30.3 Å². The van der Waals surface area contributed by atoms with Crippen LogP contribution in [0.5, 0.6) is 11.8 Å². The van der Waals surface area contributed by atoms with Gasteiger partial charge in [0, 0.05) is 23.4 Å². The second kappa shape index (κ2) is 10.5. The summed E-state index contributed by atoms with van der Waals surface area (Å²) in [6, 6.07) is 12.5. The number of halogens is 1. The number of hydrogen-bond acceptors (Lipinski definition) is 9. The van der Waals surface area contributed by atoms with Crippen molar-refractivity contribution in [3.8, 4) is 28.8 Å². The van der Waals surface area contributed by atoms with Crippen molar-refractivity contribution in [2.45, 2.75) is 25.0 Å². The number of ether oxygens (including phenoxy) is 2. The predicted octanol–water partition coefficient (Wildman–Crippen LogP) is 3.72. The summed E-state index contributed by atoms with van der Waals surface area (Å²) in [4.78, 5) is 12.6. The van der Waals surface area contributed by atoms with Gasteiger partial charge in [0.15, 0.2) is 11.5 Å². The van der Waals surface area contributed by atoms with Crippen LogP contribution >= 0.6 is 11.6 Å². The molecule has 3 heterocycles. The van der Waals surface area contributed by atoms with Gasteiger partial charge in [-0.25, -0.2) is 8.42 Å². The lowest BCUT2D eigenvalue weighted by Crippen LogP contribution is -2.31. The van der Waals surface area contributed by atoms with E-state index in [1.165, 1.54) is 31.3 Å². The van der Waals surface area contributed by atoms with Crippen molar-refractivity contribution in [3.05, 3.63) is 65.7 Å². The Kier molecular flexibility index (Phi) is 7.36. The first-order valence-corrected chi connectivity index (χ1v) is 12.8. The Labute approximate surface area is 213 Å². The van der Waals surface area contributed by atoms with E-state index in [4.69, 9.17) is 21.1 Å². The van der Waals surface area contributed by atoms with E-state index in [0.717, 1.165) is 0 Å². The highest BCUT2D eigenvalue weighted by Crippen LogP contribution is 2.35. The standard InChI is InChI=1S/C23H24ClN7O4S/c1-14(18-11-10-17(24)12-25-18)15(2)36(32,33)30-23-29-28-20(16-8-6-5-7-9-16)31(23)19-21(34-3)26-13-27-22(19)35-4/h5-15H,1-4H3,(H,29,30). The molecule has 0 amide bonds.